The lowest BCUT2D eigenvalue weighted by atomic mass is 10.2. The summed E-state index contributed by atoms with van der Waals surface area (Å²) in [7, 11) is 0. The second-order valence-electron chi connectivity index (χ2n) is 3.79. The lowest BCUT2D eigenvalue weighted by molar-refractivity contribution is -0.149. The Kier molecular flexibility index (Phi) is 4.52. The number of amides is 1. The van der Waals surface area contributed by atoms with Crippen molar-refractivity contribution < 1.29 is 14.7 Å². The third kappa shape index (κ3) is 3.75. The van der Waals surface area contributed by atoms with E-state index >= 15 is 0 Å². The van der Waals surface area contributed by atoms with E-state index in [4.69, 9.17) is 16.7 Å². The summed E-state index contributed by atoms with van der Waals surface area (Å²) in [6, 6.07) is 6.12. The predicted octanol–water partition coefficient (Wildman–Crippen LogP) is 2.16. The second kappa shape index (κ2) is 5.68. The van der Waals surface area contributed by atoms with Crippen LogP contribution in [0.3, 0.4) is 0 Å². The minimum absolute atomic E-state index is 0.264. The minimum Gasteiger partial charge on any atom is -0.480 e. The van der Waals surface area contributed by atoms with Gasteiger partial charge in [-0.15, -0.1) is 0 Å². The standard InChI is InChI=1S/C12H14ClNO3/c1-8(12(16)17)14(9(2)15)7-10-3-5-11(13)6-4-10/h3-6,8H,7H2,1-2H3,(H,16,17). The number of carbonyl (C=O) groups is 2. The molecule has 0 aliphatic carbocycles. The molecule has 1 N–H and O–H groups in total. The molecule has 0 spiro atoms. The number of rotatable bonds is 4. The van der Waals surface area contributed by atoms with Gasteiger partial charge in [0, 0.05) is 18.5 Å². The summed E-state index contributed by atoms with van der Waals surface area (Å²) in [5, 5.41) is 9.51. The van der Waals surface area contributed by atoms with Gasteiger partial charge >= 0.3 is 5.97 Å². The molecule has 1 unspecified atom stereocenters. The molecule has 4 nitrogen and oxygen atoms in total. The molecule has 0 saturated carbocycles. The van der Waals surface area contributed by atoms with Crippen molar-refractivity contribution in [2.75, 3.05) is 0 Å². The van der Waals surface area contributed by atoms with Crippen LogP contribution in [0.1, 0.15) is 19.4 Å². The second-order valence-corrected chi connectivity index (χ2v) is 4.22. The van der Waals surface area contributed by atoms with Crippen LogP contribution in [0.2, 0.25) is 5.02 Å². The van der Waals surface area contributed by atoms with Crippen LogP contribution in [0.5, 0.6) is 0 Å². The molecule has 0 aliphatic heterocycles. The van der Waals surface area contributed by atoms with E-state index in [-0.39, 0.29) is 12.5 Å². The highest BCUT2D eigenvalue weighted by atomic mass is 35.5. The highest BCUT2D eigenvalue weighted by Crippen LogP contribution is 2.13. The van der Waals surface area contributed by atoms with Crippen molar-refractivity contribution in [3.05, 3.63) is 34.9 Å². The molecule has 0 saturated heterocycles. The summed E-state index contributed by atoms with van der Waals surface area (Å²) in [5.41, 5.74) is 0.845. The van der Waals surface area contributed by atoms with Crippen LogP contribution < -0.4 is 0 Å². The fraction of sp³-hybridized carbons (Fsp3) is 0.333. The van der Waals surface area contributed by atoms with Gasteiger partial charge in [-0.05, 0) is 24.6 Å². The maximum atomic E-state index is 11.4. The number of carboxylic acid groups (broad SMARTS) is 1. The quantitative estimate of drug-likeness (QED) is 0.897. The van der Waals surface area contributed by atoms with Gasteiger partial charge in [0.1, 0.15) is 6.04 Å². The molecule has 0 fully saturated rings. The number of hydrogen-bond donors (Lipinski definition) is 1. The maximum absolute atomic E-state index is 11.4. The Morgan fingerprint density at radius 2 is 1.88 bits per heavy atom. The first-order valence-electron chi connectivity index (χ1n) is 5.16. The van der Waals surface area contributed by atoms with Gasteiger partial charge in [-0.3, -0.25) is 4.79 Å². The Balaban J connectivity index is 2.84. The molecular weight excluding hydrogens is 242 g/mol. The highest BCUT2D eigenvalue weighted by Gasteiger charge is 2.22. The highest BCUT2D eigenvalue weighted by molar-refractivity contribution is 6.30. The van der Waals surface area contributed by atoms with E-state index in [1.165, 1.54) is 18.7 Å². The average molecular weight is 256 g/mol. The molecule has 0 radical (unpaired) electrons. The third-order valence-electron chi connectivity index (χ3n) is 2.50. The van der Waals surface area contributed by atoms with Crippen molar-refractivity contribution in [1.82, 2.24) is 4.90 Å². The average Bonchev–Trinajstić information content (AvgIpc) is 2.26. The summed E-state index contributed by atoms with van der Waals surface area (Å²) in [6.07, 6.45) is 0. The zero-order valence-electron chi connectivity index (χ0n) is 9.68. The third-order valence-corrected chi connectivity index (χ3v) is 2.75. The number of carboxylic acids is 1. The number of aliphatic carboxylic acids is 1. The number of benzene rings is 1. The predicted molar refractivity (Wildman–Crippen MR) is 64.8 cm³/mol. The lowest BCUT2D eigenvalue weighted by Crippen LogP contribution is -2.41. The molecular formula is C12H14ClNO3. The van der Waals surface area contributed by atoms with Crippen LogP contribution >= 0.6 is 11.6 Å². The Bertz CT molecular complexity index is 416. The van der Waals surface area contributed by atoms with Crippen molar-refractivity contribution in [2.24, 2.45) is 0 Å². The van der Waals surface area contributed by atoms with Gasteiger partial charge in [0.05, 0.1) is 0 Å². The van der Waals surface area contributed by atoms with Crippen molar-refractivity contribution in [3.8, 4) is 0 Å². The van der Waals surface area contributed by atoms with E-state index in [1.807, 2.05) is 0 Å². The fourth-order valence-electron chi connectivity index (χ4n) is 1.44. The monoisotopic (exact) mass is 255 g/mol. The van der Waals surface area contributed by atoms with Gasteiger partial charge in [-0.25, -0.2) is 4.79 Å². The molecule has 92 valence electrons. The summed E-state index contributed by atoms with van der Waals surface area (Å²) in [4.78, 5) is 23.6. The molecule has 1 atom stereocenters. The normalized spacial score (nSPS) is 11.9. The number of halogens is 1. The fourth-order valence-corrected chi connectivity index (χ4v) is 1.57. The number of hydrogen-bond acceptors (Lipinski definition) is 2. The molecule has 1 aromatic rings. The molecule has 17 heavy (non-hydrogen) atoms. The molecule has 1 aromatic carbocycles. The first-order valence-corrected chi connectivity index (χ1v) is 5.54. The van der Waals surface area contributed by atoms with E-state index < -0.39 is 12.0 Å². The van der Waals surface area contributed by atoms with Gasteiger partial charge in [0.25, 0.3) is 0 Å². The molecule has 0 aromatic heterocycles. The van der Waals surface area contributed by atoms with Gasteiger partial charge in [0.15, 0.2) is 0 Å². The minimum atomic E-state index is -1.02. The van der Waals surface area contributed by atoms with Crippen LogP contribution in [-0.2, 0) is 16.1 Å². The van der Waals surface area contributed by atoms with E-state index in [2.05, 4.69) is 0 Å². The smallest absolute Gasteiger partial charge is 0.326 e. The number of carbonyl (C=O) groups excluding carboxylic acids is 1. The molecule has 5 heteroatoms. The van der Waals surface area contributed by atoms with Crippen LogP contribution in [0.15, 0.2) is 24.3 Å². The van der Waals surface area contributed by atoms with E-state index in [1.54, 1.807) is 24.3 Å². The largest absolute Gasteiger partial charge is 0.480 e. The van der Waals surface area contributed by atoms with Crippen LogP contribution in [0, 0.1) is 0 Å². The van der Waals surface area contributed by atoms with E-state index in [0.29, 0.717) is 5.02 Å². The summed E-state index contributed by atoms with van der Waals surface area (Å²) < 4.78 is 0. The first kappa shape index (κ1) is 13.5. The van der Waals surface area contributed by atoms with Gasteiger partial charge in [-0.2, -0.15) is 0 Å². The van der Waals surface area contributed by atoms with Gasteiger partial charge < -0.3 is 10.0 Å². The van der Waals surface area contributed by atoms with Crippen LogP contribution in [-0.4, -0.2) is 27.9 Å². The van der Waals surface area contributed by atoms with Crippen molar-refractivity contribution in [1.29, 1.82) is 0 Å². The number of nitrogens with zero attached hydrogens (tertiary/aromatic N) is 1. The molecule has 1 rings (SSSR count). The van der Waals surface area contributed by atoms with Crippen molar-refractivity contribution in [3.63, 3.8) is 0 Å². The van der Waals surface area contributed by atoms with Crippen LogP contribution in [0.25, 0.3) is 0 Å². The van der Waals surface area contributed by atoms with Crippen molar-refractivity contribution >= 4 is 23.5 Å². The topological polar surface area (TPSA) is 57.6 Å². The zero-order chi connectivity index (χ0) is 13.0. The summed E-state index contributed by atoms with van der Waals surface area (Å²) >= 11 is 5.75. The maximum Gasteiger partial charge on any atom is 0.326 e. The Labute approximate surface area is 105 Å². The molecule has 1 amide bonds. The van der Waals surface area contributed by atoms with E-state index in [9.17, 15) is 9.59 Å². The Morgan fingerprint density at radius 1 is 1.35 bits per heavy atom. The van der Waals surface area contributed by atoms with Gasteiger partial charge in [-0.1, -0.05) is 23.7 Å². The Hall–Kier alpha value is -1.55. The molecule has 0 aliphatic rings. The Morgan fingerprint density at radius 3 is 2.29 bits per heavy atom. The van der Waals surface area contributed by atoms with Crippen LogP contribution in [0.4, 0.5) is 0 Å². The van der Waals surface area contributed by atoms with Gasteiger partial charge in [0.2, 0.25) is 5.91 Å². The molecule has 0 bridgehead atoms. The van der Waals surface area contributed by atoms with Crippen molar-refractivity contribution in [2.45, 2.75) is 26.4 Å². The zero-order valence-corrected chi connectivity index (χ0v) is 10.4. The first-order chi connectivity index (χ1) is 7.91. The SMILES string of the molecule is CC(=O)N(Cc1ccc(Cl)cc1)C(C)C(=O)O. The lowest BCUT2D eigenvalue weighted by Gasteiger charge is -2.25. The van der Waals surface area contributed by atoms with E-state index in [0.717, 1.165) is 5.56 Å². The summed E-state index contributed by atoms with van der Waals surface area (Å²) in [5.74, 6) is -1.29. The molecule has 0 heterocycles. The summed E-state index contributed by atoms with van der Waals surface area (Å²) in [6.45, 7) is 3.11.